The topological polar surface area (TPSA) is 70.0 Å². The van der Waals surface area contributed by atoms with Crippen molar-refractivity contribution in [2.24, 2.45) is 0 Å². The van der Waals surface area contributed by atoms with Crippen LogP contribution in [-0.4, -0.2) is 40.5 Å². The summed E-state index contributed by atoms with van der Waals surface area (Å²) in [5, 5.41) is 18.4. The third-order valence-corrected chi connectivity index (χ3v) is 2.55. The predicted molar refractivity (Wildman–Crippen MR) is 55.9 cm³/mol. The lowest BCUT2D eigenvalue weighted by atomic mass is 10.2. The summed E-state index contributed by atoms with van der Waals surface area (Å²) in [5.74, 6) is 0.158. The Morgan fingerprint density at radius 1 is 1.50 bits per heavy atom. The Morgan fingerprint density at radius 2 is 2.31 bits per heavy atom. The third kappa shape index (κ3) is 2.09. The molecule has 0 aliphatic carbocycles. The lowest BCUT2D eigenvalue weighted by Crippen LogP contribution is -2.35. The van der Waals surface area contributed by atoms with Crippen LogP contribution >= 0.6 is 0 Å². The van der Waals surface area contributed by atoms with Crippen molar-refractivity contribution < 1.29 is 19.7 Å². The molecule has 5 nitrogen and oxygen atoms in total. The van der Waals surface area contributed by atoms with E-state index in [2.05, 4.69) is 0 Å². The standard InChI is InChI=1S/C11H13NO4/c13-6-9-7-16-11(15)12(9)5-8-2-1-3-10(14)4-8/h1-4,9,13-14H,5-7H2. The number of cyclic esters (lactones) is 1. The Hall–Kier alpha value is -1.75. The van der Waals surface area contributed by atoms with Crippen molar-refractivity contribution in [2.75, 3.05) is 13.2 Å². The van der Waals surface area contributed by atoms with Crippen molar-refractivity contribution >= 4 is 6.09 Å². The molecule has 0 saturated carbocycles. The molecule has 1 unspecified atom stereocenters. The van der Waals surface area contributed by atoms with Gasteiger partial charge in [0.05, 0.1) is 12.6 Å². The van der Waals surface area contributed by atoms with E-state index in [1.165, 1.54) is 4.90 Å². The number of aromatic hydroxyl groups is 1. The second-order valence-electron chi connectivity index (χ2n) is 3.71. The number of rotatable bonds is 3. The summed E-state index contributed by atoms with van der Waals surface area (Å²) >= 11 is 0. The summed E-state index contributed by atoms with van der Waals surface area (Å²) in [4.78, 5) is 12.8. The molecule has 1 atom stereocenters. The van der Waals surface area contributed by atoms with Crippen LogP contribution in [0.3, 0.4) is 0 Å². The molecule has 1 aliphatic heterocycles. The van der Waals surface area contributed by atoms with Crippen LogP contribution in [0.1, 0.15) is 5.56 Å². The monoisotopic (exact) mass is 223 g/mol. The summed E-state index contributed by atoms with van der Waals surface area (Å²) in [5.41, 5.74) is 0.803. The van der Waals surface area contributed by atoms with E-state index in [0.717, 1.165) is 5.56 Å². The molecule has 1 aromatic carbocycles. The molecule has 0 spiro atoms. The summed E-state index contributed by atoms with van der Waals surface area (Å²) in [6.45, 7) is 0.428. The minimum Gasteiger partial charge on any atom is -0.508 e. The highest BCUT2D eigenvalue weighted by Gasteiger charge is 2.32. The number of amides is 1. The molecular weight excluding hydrogens is 210 g/mol. The maximum absolute atomic E-state index is 11.4. The van der Waals surface area contributed by atoms with E-state index in [1.807, 2.05) is 0 Å². The van der Waals surface area contributed by atoms with Crippen molar-refractivity contribution in [1.29, 1.82) is 0 Å². The van der Waals surface area contributed by atoms with Crippen molar-refractivity contribution in [1.82, 2.24) is 4.90 Å². The highest BCUT2D eigenvalue weighted by atomic mass is 16.6. The van der Waals surface area contributed by atoms with Crippen LogP contribution in [0.25, 0.3) is 0 Å². The Balaban J connectivity index is 2.11. The molecule has 2 rings (SSSR count). The normalized spacial score (nSPS) is 19.9. The number of phenols is 1. The molecule has 1 saturated heterocycles. The zero-order chi connectivity index (χ0) is 11.5. The van der Waals surface area contributed by atoms with Crippen LogP contribution in [-0.2, 0) is 11.3 Å². The fourth-order valence-electron chi connectivity index (χ4n) is 1.69. The van der Waals surface area contributed by atoms with Crippen molar-refractivity contribution in [3.8, 4) is 5.75 Å². The Morgan fingerprint density at radius 3 is 3.00 bits per heavy atom. The number of nitrogens with zero attached hydrogens (tertiary/aromatic N) is 1. The van der Waals surface area contributed by atoms with Gasteiger partial charge in [0, 0.05) is 6.54 Å². The highest BCUT2D eigenvalue weighted by molar-refractivity contribution is 5.70. The van der Waals surface area contributed by atoms with Gasteiger partial charge in [-0.1, -0.05) is 12.1 Å². The van der Waals surface area contributed by atoms with Gasteiger partial charge in [0.15, 0.2) is 0 Å². The van der Waals surface area contributed by atoms with E-state index in [-0.39, 0.29) is 25.0 Å². The fraction of sp³-hybridized carbons (Fsp3) is 0.364. The fourth-order valence-corrected chi connectivity index (χ4v) is 1.69. The molecule has 0 aromatic heterocycles. The van der Waals surface area contributed by atoms with Crippen LogP contribution in [0, 0.1) is 0 Å². The number of carbonyl (C=O) groups is 1. The molecule has 5 heteroatoms. The van der Waals surface area contributed by atoms with Gasteiger partial charge < -0.3 is 14.9 Å². The Labute approximate surface area is 92.9 Å². The van der Waals surface area contributed by atoms with Gasteiger partial charge in [-0.15, -0.1) is 0 Å². The summed E-state index contributed by atoms with van der Waals surface area (Å²) in [6, 6.07) is 6.37. The predicted octanol–water partition coefficient (Wildman–Crippen LogP) is 0.705. The molecule has 1 heterocycles. The first kappa shape index (κ1) is 10.8. The van der Waals surface area contributed by atoms with Crippen LogP contribution in [0.4, 0.5) is 4.79 Å². The van der Waals surface area contributed by atoms with E-state index >= 15 is 0 Å². The summed E-state index contributed by atoms with van der Waals surface area (Å²) in [6.07, 6.45) is -0.428. The maximum Gasteiger partial charge on any atom is 0.410 e. The number of carbonyl (C=O) groups excluding carboxylic acids is 1. The first-order valence-corrected chi connectivity index (χ1v) is 5.03. The largest absolute Gasteiger partial charge is 0.508 e. The van der Waals surface area contributed by atoms with Gasteiger partial charge in [-0.2, -0.15) is 0 Å². The lowest BCUT2D eigenvalue weighted by molar-refractivity contribution is 0.151. The van der Waals surface area contributed by atoms with E-state index in [4.69, 9.17) is 9.84 Å². The van der Waals surface area contributed by atoms with Crippen molar-refractivity contribution in [3.05, 3.63) is 29.8 Å². The summed E-state index contributed by atoms with van der Waals surface area (Å²) in [7, 11) is 0. The van der Waals surface area contributed by atoms with E-state index in [0.29, 0.717) is 6.54 Å². The minimum absolute atomic E-state index is 0.120. The quantitative estimate of drug-likeness (QED) is 0.791. The number of hydrogen-bond donors (Lipinski definition) is 2. The first-order valence-electron chi connectivity index (χ1n) is 5.03. The number of benzene rings is 1. The van der Waals surface area contributed by atoms with Gasteiger partial charge in [0.25, 0.3) is 0 Å². The number of ether oxygens (including phenoxy) is 1. The van der Waals surface area contributed by atoms with Crippen LogP contribution in [0.2, 0.25) is 0 Å². The Bertz CT molecular complexity index is 393. The molecule has 1 fully saturated rings. The van der Waals surface area contributed by atoms with Crippen LogP contribution in [0.15, 0.2) is 24.3 Å². The summed E-state index contributed by atoms with van der Waals surface area (Å²) < 4.78 is 4.84. The maximum atomic E-state index is 11.4. The molecule has 0 radical (unpaired) electrons. The average molecular weight is 223 g/mol. The zero-order valence-electron chi connectivity index (χ0n) is 8.67. The molecule has 86 valence electrons. The Kier molecular flexibility index (Phi) is 2.96. The molecule has 0 bridgehead atoms. The minimum atomic E-state index is -0.428. The average Bonchev–Trinajstić information content (AvgIpc) is 2.60. The van der Waals surface area contributed by atoms with E-state index in [9.17, 15) is 9.90 Å². The number of aliphatic hydroxyl groups is 1. The van der Waals surface area contributed by atoms with Gasteiger partial charge in [0.2, 0.25) is 0 Å². The van der Waals surface area contributed by atoms with Crippen molar-refractivity contribution in [2.45, 2.75) is 12.6 Å². The second kappa shape index (κ2) is 4.40. The molecule has 16 heavy (non-hydrogen) atoms. The van der Waals surface area contributed by atoms with Crippen molar-refractivity contribution in [3.63, 3.8) is 0 Å². The van der Waals surface area contributed by atoms with E-state index in [1.54, 1.807) is 24.3 Å². The third-order valence-electron chi connectivity index (χ3n) is 2.55. The number of phenolic OH excluding ortho intramolecular Hbond substituents is 1. The number of hydrogen-bond acceptors (Lipinski definition) is 4. The molecular formula is C11H13NO4. The van der Waals surface area contributed by atoms with Crippen LogP contribution < -0.4 is 0 Å². The lowest BCUT2D eigenvalue weighted by Gasteiger charge is -2.19. The van der Waals surface area contributed by atoms with Gasteiger partial charge >= 0.3 is 6.09 Å². The first-order chi connectivity index (χ1) is 7.70. The van der Waals surface area contributed by atoms with Gasteiger partial charge in [0.1, 0.15) is 12.4 Å². The number of aliphatic hydroxyl groups excluding tert-OH is 1. The van der Waals surface area contributed by atoms with Gasteiger partial charge in [-0.05, 0) is 17.7 Å². The molecule has 1 aliphatic rings. The highest BCUT2D eigenvalue weighted by Crippen LogP contribution is 2.18. The molecule has 1 aromatic rings. The van der Waals surface area contributed by atoms with Gasteiger partial charge in [-0.25, -0.2) is 4.79 Å². The second-order valence-corrected chi connectivity index (χ2v) is 3.71. The van der Waals surface area contributed by atoms with Gasteiger partial charge in [-0.3, -0.25) is 4.90 Å². The van der Waals surface area contributed by atoms with E-state index < -0.39 is 6.09 Å². The zero-order valence-corrected chi connectivity index (χ0v) is 8.67. The van der Waals surface area contributed by atoms with Crippen LogP contribution in [0.5, 0.6) is 5.75 Å². The molecule has 2 N–H and O–H groups in total. The SMILES string of the molecule is O=C1OCC(CO)N1Cc1cccc(O)c1. The molecule has 1 amide bonds. The smallest absolute Gasteiger partial charge is 0.410 e.